The minimum Gasteiger partial charge on any atom is -0.497 e. The highest BCUT2D eigenvalue weighted by Gasteiger charge is 2.11. The molecule has 6 nitrogen and oxygen atoms in total. The number of nitrogens with zero attached hydrogens (tertiary/aromatic N) is 1. The lowest BCUT2D eigenvalue weighted by atomic mass is 10.1. The van der Waals surface area contributed by atoms with Crippen molar-refractivity contribution < 1.29 is 19.1 Å². The molecule has 0 heterocycles. The van der Waals surface area contributed by atoms with E-state index in [0.717, 1.165) is 12.8 Å². The van der Waals surface area contributed by atoms with Crippen LogP contribution in [-0.2, 0) is 9.53 Å². The van der Waals surface area contributed by atoms with Crippen LogP contribution in [0, 0.1) is 11.3 Å². The molecule has 1 N–H and O–H groups in total. The number of amides is 1. The van der Waals surface area contributed by atoms with Gasteiger partial charge < -0.3 is 14.8 Å². The summed E-state index contributed by atoms with van der Waals surface area (Å²) in [6, 6.07) is 15.2. The third-order valence-corrected chi connectivity index (χ3v) is 3.90. The Labute approximate surface area is 164 Å². The second-order valence-electron chi connectivity index (χ2n) is 5.96. The van der Waals surface area contributed by atoms with Crippen LogP contribution in [0.15, 0.2) is 54.1 Å². The summed E-state index contributed by atoms with van der Waals surface area (Å²) in [5, 5.41) is 11.9. The molecule has 0 fully saturated rings. The molecular formula is C22H22N2O4. The first kappa shape index (κ1) is 20.7. The van der Waals surface area contributed by atoms with Crippen LogP contribution in [0.1, 0.15) is 35.7 Å². The summed E-state index contributed by atoms with van der Waals surface area (Å²) in [5.41, 5.74) is 1.56. The largest absolute Gasteiger partial charge is 0.497 e. The molecule has 0 spiro atoms. The average Bonchev–Trinajstić information content (AvgIpc) is 2.73. The summed E-state index contributed by atoms with van der Waals surface area (Å²) in [6.45, 7) is 2.40. The number of carbonyl (C=O) groups is 2. The van der Waals surface area contributed by atoms with Crippen molar-refractivity contribution >= 4 is 23.6 Å². The van der Waals surface area contributed by atoms with Crippen molar-refractivity contribution in [3.8, 4) is 11.8 Å². The van der Waals surface area contributed by atoms with E-state index in [4.69, 9.17) is 9.47 Å². The molecule has 1 amide bonds. The molecule has 0 atom stereocenters. The lowest BCUT2D eigenvalue weighted by molar-refractivity contribution is -0.112. The van der Waals surface area contributed by atoms with Crippen molar-refractivity contribution in [3.05, 3.63) is 65.2 Å². The van der Waals surface area contributed by atoms with Crippen molar-refractivity contribution in [1.29, 1.82) is 5.26 Å². The molecule has 0 bridgehead atoms. The van der Waals surface area contributed by atoms with E-state index < -0.39 is 11.9 Å². The van der Waals surface area contributed by atoms with Crippen molar-refractivity contribution in [2.24, 2.45) is 0 Å². The van der Waals surface area contributed by atoms with Crippen molar-refractivity contribution in [3.63, 3.8) is 0 Å². The highest BCUT2D eigenvalue weighted by Crippen LogP contribution is 2.16. The Morgan fingerprint density at radius 3 is 2.36 bits per heavy atom. The quantitative estimate of drug-likeness (QED) is 0.322. The smallest absolute Gasteiger partial charge is 0.338 e. The Morgan fingerprint density at radius 2 is 1.79 bits per heavy atom. The van der Waals surface area contributed by atoms with Gasteiger partial charge in [-0.25, -0.2) is 4.79 Å². The van der Waals surface area contributed by atoms with Gasteiger partial charge in [-0.05, 0) is 54.5 Å². The van der Waals surface area contributed by atoms with Gasteiger partial charge in [-0.3, -0.25) is 4.79 Å². The molecule has 2 aromatic rings. The van der Waals surface area contributed by atoms with Gasteiger partial charge in [-0.15, -0.1) is 0 Å². The number of nitriles is 1. The lowest BCUT2D eigenvalue weighted by Crippen LogP contribution is -2.13. The minimum absolute atomic E-state index is 0.0341. The standard InChI is InChI=1S/C22H22N2O4/c1-3-4-13-28-22(26)17-7-9-19(10-8-17)24-21(25)18(15-23)14-16-5-11-20(27-2)12-6-16/h5-12,14H,3-4,13H2,1-2H3,(H,24,25)/b18-14-. The fourth-order valence-electron chi connectivity index (χ4n) is 2.30. The van der Waals surface area contributed by atoms with Gasteiger partial charge >= 0.3 is 5.97 Å². The van der Waals surface area contributed by atoms with Gasteiger partial charge in [0.15, 0.2) is 0 Å². The van der Waals surface area contributed by atoms with Gasteiger partial charge in [-0.1, -0.05) is 25.5 Å². The lowest BCUT2D eigenvalue weighted by Gasteiger charge is -2.07. The number of ether oxygens (including phenoxy) is 2. The Kier molecular flexibility index (Phi) is 7.79. The minimum atomic E-state index is -0.531. The molecule has 28 heavy (non-hydrogen) atoms. The Balaban J connectivity index is 2.02. The number of hydrogen-bond acceptors (Lipinski definition) is 5. The van der Waals surface area contributed by atoms with Crippen molar-refractivity contribution in [2.75, 3.05) is 19.0 Å². The predicted octanol–water partition coefficient (Wildman–Crippen LogP) is 4.20. The van der Waals surface area contributed by atoms with Gasteiger partial charge in [0.1, 0.15) is 17.4 Å². The topological polar surface area (TPSA) is 88.4 Å². The fraction of sp³-hybridized carbons (Fsp3) is 0.227. The van der Waals surface area contributed by atoms with Gasteiger partial charge in [0, 0.05) is 5.69 Å². The molecule has 2 rings (SSSR count). The van der Waals surface area contributed by atoms with E-state index in [-0.39, 0.29) is 5.57 Å². The van der Waals surface area contributed by atoms with E-state index in [9.17, 15) is 14.9 Å². The third kappa shape index (κ3) is 5.99. The van der Waals surface area contributed by atoms with Gasteiger partial charge in [0.2, 0.25) is 0 Å². The molecule has 0 radical (unpaired) electrons. The number of hydrogen-bond donors (Lipinski definition) is 1. The summed E-state index contributed by atoms with van der Waals surface area (Å²) in [7, 11) is 1.56. The number of esters is 1. The van der Waals surface area contributed by atoms with E-state index >= 15 is 0 Å². The van der Waals surface area contributed by atoms with E-state index in [0.29, 0.717) is 29.2 Å². The number of nitrogens with one attached hydrogen (secondary N) is 1. The maximum Gasteiger partial charge on any atom is 0.338 e. The molecule has 0 aromatic heterocycles. The maximum absolute atomic E-state index is 12.3. The first-order chi connectivity index (χ1) is 13.6. The first-order valence-electron chi connectivity index (χ1n) is 8.91. The fourth-order valence-corrected chi connectivity index (χ4v) is 2.30. The molecule has 2 aromatic carbocycles. The van der Waals surface area contributed by atoms with Gasteiger partial charge in [-0.2, -0.15) is 5.26 Å². The van der Waals surface area contributed by atoms with Crippen LogP contribution < -0.4 is 10.1 Å². The monoisotopic (exact) mass is 378 g/mol. The Morgan fingerprint density at radius 1 is 1.11 bits per heavy atom. The Bertz CT molecular complexity index is 878. The van der Waals surface area contributed by atoms with Crippen LogP contribution >= 0.6 is 0 Å². The molecule has 0 aliphatic carbocycles. The maximum atomic E-state index is 12.3. The number of benzene rings is 2. The van der Waals surface area contributed by atoms with E-state index in [1.807, 2.05) is 13.0 Å². The van der Waals surface area contributed by atoms with Crippen LogP contribution in [0.4, 0.5) is 5.69 Å². The highest BCUT2D eigenvalue weighted by molar-refractivity contribution is 6.09. The number of unbranched alkanes of at least 4 members (excludes halogenated alkanes) is 1. The van der Waals surface area contributed by atoms with Crippen molar-refractivity contribution in [1.82, 2.24) is 0 Å². The zero-order valence-electron chi connectivity index (χ0n) is 15.9. The number of anilines is 1. The van der Waals surface area contributed by atoms with E-state index in [1.54, 1.807) is 55.6 Å². The average molecular weight is 378 g/mol. The molecule has 0 saturated heterocycles. The second kappa shape index (κ2) is 10.5. The van der Waals surface area contributed by atoms with Crippen LogP contribution in [0.2, 0.25) is 0 Å². The van der Waals surface area contributed by atoms with Crippen molar-refractivity contribution in [2.45, 2.75) is 19.8 Å². The van der Waals surface area contributed by atoms with E-state index in [2.05, 4.69) is 5.32 Å². The molecular weight excluding hydrogens is 356 g/mol. The number of methoxy groups -OCH3 is 1. The van der Waals surface area contributed by atoms with Crippen LogP contribution in [0.5, 0.6) is 5.75 Å². The SMILES string of the molecule is CCCCOC(=O)c1ccc(NC(=O)/C(C#N)=C\c2ccc(OC)cc2)cc1. The molecule has 144 valence electrons. The Hall–Kier alpha value is -3.59. The molecule has 0 aliphatic rings. The molecule has 0 unspecified atom stereocenters. The summed E-state index contributed by atoms with van der Waals surface area (Å²) >= 11 is 0. The molecule has 6 heteroatoms. The molecule has 0 saturated carbocycles. The number of carbonyl (C=O) groups excluding carboxylic acids is 2. The third-order valence-electron chi connectivity index (χ3n) is 3.90. The zero-order valence-corrected chi connectivity index (χ0v) is 15.9. The van der Waals surface area contributed by atoms with Crippen LogP contribution in [-0.4, -0.2) is 25.6 Å². The predicted molar refractivity (Wildman–Crippen MR) is 107 cm³/mol. The van der Waals surface area contributed by atoms with Crippen LogP contribution in [0.3, 0.4) is 0 Å². The normalized spacial score (nSPS) is 10.7. The zero-order chi connectivity index (χ0) is 20.4. The molecule has 0 aliphatic heterocycles. The van der Waals surface area contributed by atoms with Crippen LogP contribution in [0.25, 0.3) is 6.08 Å². The van der Waals surface area contributed by atoms with Gasteiger partial charge in [0.25, 0.3) is 5.91 Å². The summed E-state index contributed by atoms with van der Waals surface area (Å²) in [5.74, 6) is -0.242. The first-order valence-corrected chi connectivity index (χ1v) is 8.91. The summed E-state index contributed by atoms with van der Waals surface area (Å²) < 4.78 is 10.2. The number of rotatable bonds is 8. The summed E-state index contributed by atoms with van der Waals surface area (Å²) in [6.07, 6.45) is 3.26. The van der Waals surface area contributed by atoms with E-state index in [1.165, 1.54) is 6.08 Å². The van der Waals surface area contributed by atoms with Gasteiger partial charge in [0.05, 0.1) is 19.3 Å². The summed E-state index contributed by atoms with van der Waals surface area (Å²) in [4.78, 5) is 24.2. The second-order valence-corrected chi connectivity index (χ2v) is 5.96. The highest BCUT2D eigenvalue weighted by atomic mass is 16.5.